The van der Waals surface area contributed by atoms with E-state index in [1.165, 1.54) is 11.8 Å². The number of ether oxygens (including phenoxy) is 1. The number of imidazole rings is 1. The lowest BCUT2D eigenvalue weighted by Gasteiger charge is -2.10. The fourth-order valence-corrected chi connectivity index (χ4v) is 2.78. The summed E-state index contributed by atoms with van der Waals surface area (Å²) in [6.07, 6.45) is -0.129. The zero-order valence-corrected chi connectivity index (χ0v) is 12.4. The van der Waals surface area contributed by atoms with E-state index in [1.54, 1.807) is 6.92 Å². The normalized spacial score (nSPS) is 12.2. The Morgan fingerprint density at radius 2 is 2.19 bits per heavy atom. The average molecular weight is 308 g/mol. The first-order valence-electron chi connectivity index (χ1n) is 6.56. The standard InChI is InChI=1S/C14H16N2O4S/c1-2-20-12(17)7-9(13(18)19)8-21-14-15-10-5-3-4-6-11(10)16-14/h3-6,9H,2,7-8H2,1H3,(H,15,16)(H,18,19). The summed E-state index contributed by atoms with van der Waals surface area (Å²) in [5.41, 5.74) is 1.73. The van der Waals surface area contributed by atoms with Gasteiger partial charge in [0.2, 0.25) is 0 Å². The minimum absolute atomic E-state index is 0.129. The number of carbonyl (C=O) groups is 2. The summed E-state index contributed by atoms with van der Waals surface area (Å²) in [6.45, 7) is 1.94. The maximum atomic E-state index is 11.4. The molecule has 1 aromatic heterocycles. The number of aromatic amines is 1. The lowest BCUT2D eigenvalue weighted by molar-refractivity contribution is -0.150. The van der Waals surface area contributed by atoms with Crippen LogP contribution in [0.15, 0.2) is 29.4 Å². The monoisotopic (exact) mass is 308 g/mol. The summed E-state index contributed by atoms with van der Waals surface area (Å²) >= 11 is 1.29. The highest BCUT2D eigenvalue weighted by Crippen LogP contribution is 2.23. The van der Waals surface area contributed by atoms with Gasteiger partial charge in [0.05, 0.1) is 30.0 Å². The molecule has 21 heavy (non-hydrogen) atoms. The molecule has 2 aromatic rings. The quantitative estimate of drug-likeness (QED) is 0.602. The smallest absolute Gasteiger partial charge is 0.307 e. The molecule has 2 N–H and O–H groups in total. The van der Waals surface area contributed by atoms with E-state index in [0.717, 1.165) is 11.0 Å². The molecule has 1 atom stereocenters. The second-order valence-corrected chi connectivity index (χ2v) is 5.42. The van der Waals surface area contributed by atoms with Crippen LogP contribution in [-0.2, 0) is 14.3 Å². The topological polar surface area (TPSA) is 92.3 Å². The van der Waals surface area contributed by atoms with Gasteiger partial charge in [0.25, 0.3) is 0 Å². The van der Waals surface area contributed by atoms with E-state index in [4.69, 9.17) is 9.84 Å². The molecule has 0 aliphatic rings. The summed E-state index contributed by atoms with van der Waals surface area (Å²) in [5, 5.41) is 9.80. The summed E-state index contributed by atoms with van der Waals surface area (Å²) in [4.78, 5) is 30.0. The van der Waals surface area contributed by atoms with Crippen LogP contribution in [0.4, 0.5) is 0 Å². The van der Waals surface area contributed by atoms with Crippen LogP contribution in [0, 0.1) is 5.92 Å². The first-order valence-corrected chi connectivity index (χ1v) is 7.54. The Hall–Kier alpha value is -2.02. The van der Waals surface area contributed by atoms with Crippen molar-refractivity contribution in [3.8, 4) is 0 Å². The molecule has 0 spiro atoms. The molecule has 2 rings (SSSR count). The largest absolute Gasteiger partial charge is 0.481 e. The third-order valence-electron chi connectivity index (χ3n) is 2.86. The maximum Gasteiger partial charge on any atom is 0.307 e. The van der Waals surface area contributed by atoms with Crippen molar-refractivity contribution >= 4 is 34.7 Å². The number of hydrogen-bond acceptors (Lipinski definition) is 5. The Morgan fingerprint density at radius 3 is 2.86 bits per heavy atom. The molecule has 0 amide bonds. The van der Waals surface area contributed by atoms with E-state index in [0.29, 0.717) is 5.16 Å². The van der Waals surface area contributed by atoms with E-state index >= 15 is 0 Å². The van der Waals surface area contributed by atoms with Crippen LogP contribution in [0.1, 0.15) is 13.3 Å². The number of thioether (sulfide) groups is 1. The summed E-state index contributed by atoms with van der Waals surface area (Å²) < 4.78 is 4.79. The Kier molecular flexibility index (Phi) is 5.21. The number of para-hydroxylation sites is 2. The molecular formula is C14H16N2O4S. The van der Waals surface area contributed by atoms with Gasteiger partial charge in [-0.3, -0.25) is 9.59 Å². The van der Waals surface area contributed by atoms with Gasteiger partial charge in [-0.2, -0.15) is 0 Å². The van der Waals surface area contributed by atoms with Crippen LogP contribution >= 0.6 is 11.8 Å². The van der Waals surface area contributed by atoms with E-state index in [2.05, 4.69) is 9.97 Å². The zero-order chi connectivity index (χ0) is 15.2. The highest BCUT2D eigenvalue weighted by molar-refractivity contribution is 7.99. The van der Waals surface area contributed by atoms with E-state index in [9.17, 15) is 9.59 Å². The number of nitrogens with zero attached hydrogens (tertiary/aromatic N) is 1. The minimum atomic E-state index is -1.01. The van der Waals surface area contributed by atoms with Gasteiger partial charge in [0.15, 0.2) is 5.16 Å². The van der Waals surface area contributed by atoms with E-state index < -0.39 is 17.9 Å². The first-order chi connectivity index (χ1) is 10.1. The molecule has 6 nitrogen and oxygen atoms in total. The Labute approximate surface area is 125 Å². The van der Waals surface area contributed by atoms with Gasteiger partial charge >= 0.3 is 11.9 Å². The Bertz CT molecular complexity index is 608. The van der Waals surface area contributed by atoms with Crippen molar-refractivity contribution in [2.24, 2.45) is 5.92 Å². The van der Waals surface area contributed by atoms with E-state index in [-0.39, 0.29) is 18.8 Å². The molecule has 1 heterocycles. The first kappa shape index (κ1) is 15.4. The minimum Gasteiger partial charge on any atom is -0.481 e. The van der Waals surface area contributed by atoms with Crippen molar-refractivity contribution in [1.82, 2.24) is 9.97 Å². The number of fused-ring (bicyclic) bond motifs is 1. The molecule has 0 fully saturated rings. The lowest BCUT2D eigenvalue weighted by Crippen LogP contribution is -2.21. The second-order valence-electron chi connectivity index (χ2n) is 4.41. The number of aliphatic carboxylic acids is 1. The van der Waals surface area contributed by atoms with Crippen molar-refractivity contribution in [3.05, 3.63) is 24.3 Å². The van der Waals surface area contributed by atoms with Crippen LogP contribution in [0.5, 0.6) is 0 Å². The predicted octanol–water partition coefficient (Wildman–Crippen LogP) is 2.31. The molecule has 1 unspecified atom stereocenters. The van der Waals surface area contributed by atoms with Gasteiger partial charge in [-0.05, 0) is 19.1 Å². The molecule has 0 aliphatic carbocycles. The third-order valence-corrected chi connectivity index (χ3v) is 3.89. The van der Waals surface area contributed by atoms with E-state index in [1.807, 2.05) is 24.3 Å². The molecule has 0 saturated heterocycles. The van der Waals surface area contributed by atoms with Crippen LogP contribution in [0.3, 0.4) is 0 Å². The molecule has 112 valence electrons. The van der Waals surface area contributed by atoms with Gasteiger partial charge in [0.1, 0.15) is 0 Å². The van der Waals surface area contributed by atoms with Gasteiger partial charge in [-0.25, -0.2) is 4.98 Å². The molecule has 0 bridgehead atoms. The number of H-pyrrole nitrogens is 1. The fourth-order valence-electron chi connectivity index (χ4n) is 1.82. The summed E-state index contributed by atoms with van der Waals surface area (Å²) in [7, 11) is 0. The van der Waals surface area contributed by atoms with Crippen molar-refractivity contribution in [1.29, 1.82) is 0 Å². The molecule has 0 radical (unpaired) electrons. The second kappa shape index (κ2) is 7.12. The zero-order valence-electron chi connectivity index (χ0n) is 11.5. The summed E-state index contributed by atoms with van der Waals surface area (Å²) in [6, 6.07) is 7.57. The number of esters is 1. The van der Waals surface area contributed by atoms with Gasteiger partial charge in [-0.1, -0.05) is 23.9 Å². The number of carboxylic acids is 1. The third kappa shape index (κ3) is 4.22. The number of carboxylic acid groups (broad SMARTS) is 1. The number of aromatic nitrogens is 2. The highest BCUT2D eigenvalue weighted by atomic mass is 32.2. The van der Waals surface area contributed by atoms with Crippen LogP contribution in [0.25, 0.3) is 11.0 Å². The number of benzene rings is 1. The SMILES string of the molecule is CCOC(=O)CC(CSc1nc2ccccc2[nH]1)C(=O)O. The summed E-state index contributed by atoms with van der Waals surface area (Å²) in [5.74, 6) is -2.03. The molecule has 0 aliphatic heterocycles. The van der Waals surface area contributed by atoms with Crippen molar-refractivity contribution in [2.75, 3.05) is 12.4 Å². The van der Waals surface area contributed by atoms with Gasteiger partial charge < -0.3 is 14.8 Å². The molecule has 7 heteroatoms. The predicted molar refractivity (Wildman–Crippen MR) is 79.2 cm³/mol. The van der Waals surface area contributed by atoms with Crippen molar-refractivity contribution in [2.45, 2.75) is 18.5 Å². The molecule has 1 aromatic carbocycles. The molecular weight excluding hydrogens is 292 g/mol. The number of carbonyl (C=O) groups excluding carboxylic acids is 1. The average Bonchev–Trinajstić information content (AvgIpc) is 2.86. The van der Waals surface area contributed by atoms with Crippen molar-refractivity contribution in [3.63, 3.8) is 0 Å². The fraction of sp³-hybridized carbons (Fsp3) is 0.357. The van der Waals surface area contributed by atoms with Gasteiger partial charge in [0, 0.05) is 5.75 Å². The highest BCUT2D eigenvalue weighted by Gasteiger charge is 2.22. The number of nitrogens with one attached hydrogen (secondary N) is 1. The van der Waals surface area contributed by atoms with Crippen LogP contribution in [-0.4, -0.2) is 39.4 Å². The maximum absolute atomic E-state index is 11.4. The lowest BCUT2D eigenvalue weighted by atomic mass is 10.1. The number of hydrogen-bond donors (Lipinski definition) is 2. The van der Waals surface area contributed by atoms with Crippen molar-refractivity contribution < 1.29 is 19.4 Å². The molecule has 0 saturated carbocycles. The van der Waals surface area contributed by atoms with Crippen LogP contribution in [0.2, 0.25) is 0 Å². The number of rotatable bonds is 7. The van der Waals surface area contributed by atoms with Crippen LogP contribution < -0.4 is 0 Å². The Balaban J connectivity index is 1.97. The Morgan fingerprint density at radius 1 is 1.43 bits per heavy atom. The van der Waals surface area contributed by atoms with Gasteiger partial charge in [-0.15, -0.1) is 0 Å².